The average molecular weight is 376 g/mol. The molecule has 0 aromatic heterocycles. The Hall–Kier alpha value is -0.240. The minimum atomic E-state index is 0.142. The highest BCUT2D eigenvalue weighted by atomic mass is 16.6. The molecule has 156 valence electrons. The van der Waals surface area contributed by atoms with Gasteiger partial charge in [0.05, 0.1) is 65.6 Å². The lowest BCUT2D eigenvalue weighted by atomic mass is 9.98. The summed E-state index contributed by atoms with van der Waals surface area (Å²) in [4.78, 5) is 0. The molecule has 1 fully saturated rings. The van der Waals surface area contributed by atoms with Crippen LogP contribution in [0.2, 0.25) is 0 Å². The van der Waals surface area contributed by atoms with Crippen LogP contribution in [-0.4, -0.2) is 77.6 Å². The third-order valence-electron chi connectivity index (χ3n) is 4.15. The van der Waals surface area contributed by atoms with Crippen molar-refractivity contribution in [2.24, 2.45) is 0 Å². The van der Waals surface area contributed by atoms with Gasteiger partial charge in [-0.05, 0) is 33.6 Å². The van der Waals surface area contributed by atoms with E-state index in [4.69, 9.17) is 23.7 Å². The van der Waals surface area contributed by atoms with Crippen molar-refractivity contribution in [2.75, 3.05) is 66.0 Å². The highest BCUT2D eigenvalue weighted by Gasteiger charge is 2.12. The number of ether oxygens (including phenoxy) is 5. The molecule has 0 amide bonds. The smallest absolute Gasteiger partial charge is 0.0704 e. The molecule has 1 aliphatic rings. The molecule has 0 aromatic rings. The van der Waals surface area contributed by atoms with Gasteiger partial charge in [0.25, 0.3) is 0 Å². The van der Waals surface area contributed by atoms with Crippen molar-refractivity contribution in [1.29, 1.82) is 0 Å². The van der Waals surface area contributed by atoms with Crippen molar-refractivity contribution in [1.82, 2.24) is 5.32 Å². The molecule has 0 aliphatic heterocycles. The van der Waals surface area contributed by atoms with E-state index in [0.717, 1.165) is 6.54 Å². The second kappa shape index (κ2) is 15.8. The molecular weight excluding hydrogens is 334 g/mol. The Balaban J connectivity index is 1.68. The van der Waals surface area contributed by atoms with Gasteiger partial charge in [-0.1, -0.05) is 19.3 Å². The molecule has 0 saturated heterocycles. The molecule has 26 heavy (non-hydrogen) atoms. The molecule has 1 aliphatic carbocycles. The maximum Gasteiger partial charge on any atom is 0.0704 e. The standard InChI is InChI=1S/C20H41NO5/c1-20(2,3)21-9-10-22-11-12-23-13-14-24-15-16-25-17-18-26-19-7-5-4-6-8-19/h19,21H,4-18H2,1-3H3. The highest BCUT2D eigenvalue weighted by molar-refractivity contribution is 4.69. The normalized spacial score (nSPS) is 16.3. The summed E-state index contributed by atoms with van der Waals surface area (Å²) in [6, 6.07) is 0. The van der Waals surface area contributed by atoms with Crippen molar-refractivity contribution in [3.63, 3.8) is 0 Å². The molecule has 0 atom stereocenters. The Morgan fingerprint density at radius 2 is 1.12 bits per heavy atom. The molecule has 0 bridgehead atoms. The summed E-state index contributed by atoms with van der Waals surface area (Å²) in [5.74, 6) is 0. The fraction of sp³-hybridized carbons (Fsp3) is 1.00. The summed E-state index contributed by atoms with van der Waals surface area (Å²) in [6.45, 7) is 13.0. The summed E-state index contributed by atoms with van der Waals surface area (Å²) >= 11 is 0. The molecule has 1 rings (SSSR count). The second-order valence-corrected chi connectivity index (χ2v) is 7.76. The number of hydrogen-bond acceptors (Lipinski definition) is 6. The largest absolute Gasteiger partial charge is 0.378 e. The van der Waals surface area contributed by atoms with Gasteiger partial charge in [-0.3, -0.25) is 0 Å². The first kappa shape index (κ1) is 23.8. The van der Waals surface area contributed by atoms with Gasteiger partial charge >= 0.3 is 0 Å². The molecule has 0 heterocycles. The van der Waals surface area contributed by atoms with Crippen molar-refractivity contribution in [2.45, 2.75) is 64.5 Å². The molecule has 1 saturated carbocycles. The van der Waals surface area contributed by atoms with E-state index >= 15 is 0 Å². The van der Waals surface area contributed by atoms with E-state index in [9.17, 15) is 0 Å². The van der Waals surface area contributed by atoms with Crippen LogP contribution in [0.1, 0.15) is 52.9 Å². The van der Waals surface area contributed by atoms with Gasteiger partial charge in [-0.25, -0.2) is 0 Å². The fourth-order valence-electron chi connectivity index (χ4n) is 2.77. The zero-order valence-electron chi connectivity index (χ0n) is 17.2. The van der Waals surface area contributed by atoms with Gasteiger partial charge in [0.15, 0.2) is 0 Å². The first-order valence-corrected chi connectivity index (χ1v) is 10.3. The molecule has 0 unspecified atom stereocenters. The van der Waals surface area contributed by atoms with E-state index in [1.165, 1.54) is 32.1 Å². The van der Waals surface area contributed by atoms with Crippen LogP contribution >= 0.6 is 0 Å². The van der Waals surface area contributed by atoms with Crippen LogP contribution in [0, 0.1) is 0 Å². The van der Waals surface area contributed by atoms with Gasteiger partial charge in [-0.2, -0.15) is 0 Å². The van der Waals surface area contributed by atoms with E-state index in [-0.39, 0.29) is 5.54 Å². The Morgan fingerprint density at radius 1 is 0.654 bits per heavy atom. The zero-order valence-corrected chi connectivity index (χ0v) is 17.2. The van der Waals surface area contributed by atoms with Crippen LogP contribution in [-0.2, 0) is 23.7 Å². The van der Waals surface area contributed by atoms with E-state index in [1.54, 1.807) is 0 Å². The summed E-state index contributed by atoms with van der Waals surface area (Å²) in [7, 11) is 0. The number of nitrogens with one attached hydrogen (secondary N) is 1. The van der Waals surface area contributed by atoms with Crippen molar-refractivity contribution >= 4 is 0 Å². The van der Waals surface area contributed by atoms with E-state index in [1.807, 2.05) is 0 Å². The Morgan fingerprint density at radius 3 is 1.62 bits per heavy atom. The first-order chi connectivity index (χ1) is 12.6. The zero-order chi connectivity index (χ0) is 18.9. The van der Waals surface area contributed by atoms with E-state index in [0.29, 0.717) is 65.6 Å². The molecule has 0 spiro atoms. The Kier molecular flexibility index (Phi) is 14.4. The summed E-state index contributed by atoms with van der Waals surface area (Å²) in [5.41, 5.74) is 0.142. The third kappa shape index (κ3) is 16.0. The summed E-state index contributed by atoms with van der Waals surface area (Å²) < 4.78 is 27.7. The molecular formula is C20H41NO5. The van der Waals surface area contributed by atoms with E-state index in [2.05, 4.69) is 26.1 Å². The number of hydrogen-bond donors (Lipinski definition) is 1. The van der Waals surface area contributed by atoms with Crippen molar-refractivity contribution in [3.8, 4) is 0 Å². The molecule has 6 heteroatoms. The Labute approximate surface area is 160 Å². The van der Waals surface area contributed by atoms with Crippen LogP contribution in [0.15, 0.2) is 0 Å². The van der Waals surface area contributed by atoms with Gasteiger partial charge < -0.3 is 29.0 Å². The molecule has 1 N–H and O–H groups in total. The number of rotatable bonds is 16. The molecule has 0 aromatic carbocycles. The van der Waals surface area contributed by atoms with Crippen LogP contribution < -0.4 is 5.32 Å². The van der Waals surface area contributed by atoms with Crippen LogP contribution in [0.3, 0.4) is 0 Å². The van der Waals surface area contributed by atoms with E-state index < -0.39 is 0 Å². The van der Waals surface area contributed by atoms with Gasteiger partial charge in [0.1, 0.15) is 0 Å². The third-order valence-corrected chi connectivity index (χ3v) is 4.15. The fourth-order valence-corrected chi connectivity index (χ4v) is 2.77. The van der Waals surface area contributed by atoms with Gasteiger partial charge in [-0.15, -0.1) is 0 Å². The Bertz CT molecular complexity index is 303. The summed E-state index contributed by atoms with van der Waals surface area (Å²) in [6.07, 6.45) is 6.85. The van der Waals surface area contributed by atoms with Crippen molar-refractivity contribution in [3.05, 3.63) is 0 Å². The highest BCUT2D eigenvalue weighted by Crippen LogP contribution is 2.19. The lowest BCUT2D eigenvalue weighted by Crippen LogP contribution is -2.38. The topological polar surface area (TPSA) is 58.2 Å². The quantitative estimate of drug-likeness (QED) is 0.419. The van der Waals surface area contributed by atoms with Gasteiger partial charge in [0, 0.05) is 12.1 Å². The average Bonchev–Trinajstić information content (AvgIpc) is 2.61. The minimum absolute atomic E-state index is 0.142. The monoisotopic (exact) mass is 375 g/mol. The summed E-state index contributed by atoms with van der Waals surface area (Å²) in [5, 5.41) is 3.38. The lowest BCUT2D eigenvalue weighted by Gasteiger charge is -2.21. The van der Waals surface area contributed by atoms with Crippen LogP contribution in [0.4, 0.5) is 0 Å². The lowest BCUT2D eigenvalue weighted by molar-refractivity contribution is -0.0294. The predicted molar refractivity (Wildman–Crippen MR) is 104 cm³/mol. The maximum atomic E-state index is 5.80. The molecule has 0 radical (unpaired) electrons. The second-order valence-electron chi connectivity index (χ2n) is 7.76. The maximum absolute atomic E-state index is 5.80. The van der Waals surface area contributed by atoms with Crippen LogP contribution in [0.25, 0.3) is 0 Å². The SMILES string of the molecule is CC(C)(C)NCCOCCOCCOCCOCCOC1CCCCC1. The predicted octanol–water partition coefficient (Wildman–Crippen LogP) is 2.79. The van der Waals surface area contributed by atoms with Crippen molar-refractivity contribution < 1.29 is 23.7 Å². The molecule has 6 nitrogen and oxygen atoms in total. The van der Waals surface area contributed by atoms with Crippen LogP contribution in [0.5, 0.6) is 0 Å². The van der Waals surface area contributed by atoms with Gasteiger partial charge in [0.2, 0.25) is 0 Å². The first-order valence-electron chi connectivity index (χ1n) is 10.3. The minimum Gasteiger partial charge on any atom is -0.378 e.